The molecule has 0 bridgehead atoms. The summed E-state index contributed by atoms with van der Waals surface area (Å²) in [6.45, 7) is 3.12. The molecule has 0 unspecified atom stereocenters. The van der Waals surface area contributed by atoms with Gasteiger partial charge in [-0.3, -0.25) is 0 Å². The SMILES string of the molecule is C[C@H]1CCCCN1c1nc2ccccc2cc1/C=C(\C#N)c1nn(-c2ccccc2)c(N)c1C#N. The summed E-state index contributed by atoms with van der Waals surface area (Å²) in [7, 11) is 0. The number of hydrogen-bond acceptors (Lipinski definition) is 6. The molecular weight excluding hydrogens is 434 g/mol. The van der Waals surface area contributed by atoms with Crippen LogP contribution < -0.4 is 10.6 Å². The maximum Gasteiger partial charge on any atom is 0.145 e. The Labute approximate surface area is 204 Å². The number of nitriles is 2. The molecule has 172 valence electrons. The normalized spacial score (nSPS) is 16.1. The number of nitrogens with zero attached hydrogens (tertiary/aromatic N) is 6. The van der Waals surface area contributed by atoms with Crippen LogP contribution in [0.1, 0.15) is 43.0 Å². The summed E-state index contributed by atoms with van der Waals surface area (Å²) in [5.41, 5.74) is 9.47. The third-order valence-electron chi connectivity index (χ3n) is 6.52. The molecule has 3 heterocycles. The molecule has 2 N–H and O–H groups in total. The lowest BCUT2D eigenvalue weighted by molar-refractivity contribution is 0.481. The van der Waals surface area contributed by atoms with Crippen LogP contribution in [0.4, 0.5) is 11.6 Å². The number of hydrogen-bond donors (Lipinski definition) is 1. The van der Waals surface area contributed by atoms with Crippen molar-refractivity contribution in [2.45, 2.75) is 32.2 Å². The van der Waals surface area contributed by atoms with Crippen molar-refractivity contribution >= 4 is 34.2 Å². The van der Waals surface area contributed by atoms with Crippen LogP contribution in [0.2, 0.25) is 0 Å². The molecule has 0 radical (unpaired) electrons. The van der Waals surface area contributed by atoms with Crippen LogP contribution >= 0.6 is 0 Å². The molecule has 2 aromatic heterocycles. The summed E-state index contributed by atoms with van der Waals surface area (Å²) in [6, 6.07) is 24.1. The average Bonchev–Trinajstić information content (AvgIpc) is 3.23. The Morgan fingerprint density at radius 2 is 1.86 bits per heavy atom. The van der Waals surface area contributed by atoms with Gasteiger partial charge in [0.2, 0.25) is 0 Å². The third kappa shape index (κ3) is 4.09. The molecular formula is C28H25N7. The molecule has 1 aliphatic rings. The number of rotatable bonds is 4. The van der Waals surface area contributed by atoms with Gasteiger partial charge in [0.1, 0.15) is 35.0 Å². The van der Waals surface area contributed by atoms with Gasteiger partial charge in [-0.25, -0.2) is 9.67 Å². The van der Waals surface area contributed by atoms with E-state index in [-0.39, 0.29) is 22.6 Å². The largest absolute Gasteiger partial charge is 0.382 e. The van der Waals surface area contributed by atoms with Crippen LogP contribution in [0, 0.1) is 22.7 Å². The number of allylic oxidation sites excluding steroid dienone is 1. The highest BCUT2D eigenvalue weighted by atomic mass is 15.3. The molecule has 7 nitrogen and oxygen atoms in total. The number of aromatic nitrogens is 3. The predicted octanol–water partition coefficient (Wildman–Crippen LogP) is 5.32. The molecule has 4 aromatic rings. The number of nitrogens with two attached hydrogens (primary N) is 1. The van der Waals surface area contributed by atoms with Gasteiger partial charge in [-0.15, -0.1) is 0 Å². The number of para-hydroxylation sites is 2. The predicted molar refractivity (Wildman–Crippen MR) is 139 cm³/mol. The molecule has 2 aromatic carbocycles. The van der Waals surface area contributed by atoms with E-state index in [1.54, 1.807) is 6.08 Å². The van der Waals surface area contributed by atoms with Gasteiger partial charge in [0.15, 0.2) is 0 Å². The van der Waals surface area contributed by atoms with Gasteiger partial charge < -0.3 is 10.6 Å². The average molecular weight is 460 g/mol. The zero-order valence-corrected chi connectivity index (χ0v) is 19.5. The highest BCUT2D eigenvalue weighted by molar-refractivity contribution is 5.95. The summed E-state index contributed by atoms with van der Waals surface area (Å²) < 4.78 is 1.51. The molecule has 0 spiro atoms. The van der Waals surface area contributed by atoms with Crippen molar-refractivity contribution in [2.75, 3.05) is 17.2 Å². The first-order valence-corrected chi connectivity index (χ1v) is 11.7. The van der Waals surface area contributed by atoms with Crippen molar-refractivity contribution in [3.8, 4) is 17.8 Å². The number of fused-ring (bicyclic) bond motifs is 1. The van der Waals surface area contributed by atoms with Gasteiger partial charge in [0.25, 0.3) is 0 Å². The number of piperidine rings is 1. The van der Waals surface area contributed by atoms with Crippen molar-refractivity contribution in [1.29, 1.82) is 10.5 Å². The molecule has 0 aliphatic carbocycles. The van der Waals surface area contributed by atoms with Crippen molar-refractivity contribution in [3.05, 3.63) is 77.5 Å². The monoisotopic (exact) mass is 459 g/mol. The van der Waals surface area contributed by atoms with E-state index in [1.165, 1.54) is 11.1 Å². The fraction of sp³-hybridized carbons (Fsp3) is 0.214. The Morgan fingerprint density at radius 3 is 2.60 bits per heavy atom. The Bertz CT molecular complexity index is 1500. The van der Waals surface area contributed by atoms with Gasteiger partial charge in [-0.05, 0) is 56.5 Å². The van der Waals surface area contributed by atoms with Crippen LogP contribution in [0.3, 0.4) is 0 Å². The molecule has 0 amide bonds. The van der Waals surface area contributed by atoms with E-state index in [0.29, 0.717) is 6.04 Å². The highest BCUT2D eigenvalue weighted by Crippen LogP contribution is 2.33. The van der Waals surface area contributed by atoms with E-state index < -0.39 is 0 Å². The van der Waals surface area contributed by atoms with Crippen molar-refractivity contribution < 1.29 is 0 Å². The zero-order valence-electron chi connectivity index (χ0n) is 19.5. The molecule has 7 heteroatoms. The fourth-order valence-electron chi connectivity index (χ4n) is 4.68. The van der Waals surface area contributed by atoms with Crippen LogP contribution in [0.15, 0.2) is 60.7 Å². The summed E-state index contributed by atoms with van der Waals surface area (Å²) in [5.74, 6) is 1.05. The summed E-state index contributed by atoms with van der Waals surface area (Å²) in [5, 5.41) is 25.6. The standard InChI is InChI=1S/C28H25N7/c1-19-9-7-8-14-34(19)28-21(15-20-10-5-6-13-25(20)32-28)16-22(17-29)26-24(18-30)27(31)35(33-26)23-11-3-2-4-12-23/h2-6,10-13,15-16,19H,7-9,14,31H2,1H3/b22-16+/t19-/m0/s1. The Morgan fingerprint density at radius 1 is 1.09 bits per heavy atom. The van der Waals surface area contributed by atoms with Gasteiger partial charge in [0, 0.05) is 23.5 Å². The first kappa shape index (κ1) is 22.2. The zero-order chi connectivity index (χ0) is 24.4. The lowest BCUT2D eigenvalue weighted by Gasteiger charge is -2.35. The number of anilines is 2. The van der Waals surface area contributed by atoms with Crippen molar-refractivity contribution in [1.82, 2.24) is 14.8 Å². The van der Waals surface area contributed by atoms with E-state index in [0.717, 1.165) is 47.4 Å². The molecule has 1 saturated heterocycles. The lowest BCUT2D eigenvalue weighted by atomic mass is 10.0. The molecule has 35 heavy (non-hydrogen) atoms. The van der Waals surface area contributed by atoms with Crippen molar-refractivity contribution in [3.63, 3.8) is 0 Å². The quantitative estimate of drug-likeness (QED) is 0.414. The Balaban J connectivity index is 1.69. The topological polar surface area (TPSA) is 108 Å². The highest BCUT2D eigenvalue weighted by Gasteiger charge is 2.24. The van der Waals surface area contributed by atoms with Gasteiger partial charge in [-0.1, -0.05) is 36.4 Å². The molecule has 1 atom stereocenters. The van der Waals surface area contributed by atoms with Crippen LogP contribution in [-0.2, 0) is 0 Å². The molecule has 5 rings (SSSR count). The number of nitrogen functional groups attached to an aromatic ring is 1. The maximum absolute atomic E-state index is 10.1. The van der Waals surface area contributed by atoms with Gasteiger partial charge >= 0.3 is 0 Å². The lowest BCUT2D eigenvalue weighted by Crippen LogP contribution is -2.38. The van der Waals surface area contributed by atoms with Gasteiger partial charge in [-0.2, -0.15) is 15.6 Å². The second-order valence-electron chi connectivity index (χ2n) is 8.77. The van der Waals surface area contributed by atoms with Gasteiger partial charge in [0.05, 0.1) is 16.8 Å². The smallest absolute Gasteiger partial charge is 0.145 e. The maximum atomic E-state index is 10.1. The van der Waals surface area contributed by atoms with Crippen LogP contribution in [0.5, 0.6) is 0 Å². The second-order valence-corrected chi connectivity index (χ2v) is 8.77. The van der Waals surface area contributed by atoms with Crippen LogP contribution in [-0.4, -0.2) is 27.4 Å². The van der Waals surface area contributed by atoms with Crippen molar-refractivity contribution in [2.24, 2.45) is 0 Å². The number of pyridine rings is 1. The minimum Gasteiger partial charge on any atom is -0.382 e. The van der Waals surface area contributed by atoms with E-state index in [4.69, 9.17) is 10.7 Å². The van der Waals surface area contributed by atoms with E-state index >= 15 is 0 Å². The van der Waals surface area contributed by atoms with E-state index in [1.807, 2.05) is 54.6 Å². The minimum absolute atomic E-state index is 0.184. The Kier molecular flexibility index (Phi) is 5.91. The molecule has 1 aliphatic heterocycles. The summed E-state index contributed by atoms with van der Waals surface area (Å²) >= 11 is 0. The fourth-order valence-corrected chi connectivity index (χ4v) is 4.68. The van der Waals surface area contributed by atoms with E-state index in [2.05, 4.69) is 35.1 Å². The number of benzene rings is 2. The summed E-state index contributed by atoms with van der Waals surface area (Å²) in [6.07, 6.45) is 5.18. The van der Waals surface area contributed by atoms with E-state index in [9.17, 15) is 10.5 Å². The Hall–Kier alpha value is -4.62. The summed E-state index contributed by atoms with van der Waals surface area (Å²) in [4.78, 5) is 7.32. The first-order valence-electron chi connectivity index (χ1n) is 11.7. The molecule has 0 saturated carbocycles. The third-order valence-corrected chi connectivity index (χ3v) is 6.52. The molecule has 1 fully saturated rings. The second kappa shape index (κ2) is 9.32. The van der Waals surface area contributed by atoms with Crippen LogP contribution in [0.25, 0.3) is 28.2 Å². The minimum atomic E-state index is 0.184. The first-order chi connectivity index (χ1) is 17.1.